The average Bonchev–Trinajstić information content (AvgIpc) is 2.64. The van der Waals surface area contributed by atoms with Crippen molar-refractivity contribution in [2.75, 3.05) is 6.61 Å². The highest BCUT2D eigenvalue weighted by Crippen LogP contribution is 2.14. The maximum Gasteiger partial charge on any atom is 0.0644 e. The summed E-state index contributed by atoms with van der Waals surface area (Å²) in [5.41, 5.74) is 6.93. The van der Waals surface area contributed by atoms with Crippen LogP contribution in [-0.2, 0) is 0 Å². The van der Waals surface area contributed by atoms with Crippen molar-refractivity contribution in [1.29, 1.82) is 0 Å². The van der Waals surface area contributed by atoms with Crippen molar-refractivity contribution in [2.45, 2.75) is 92.4 Å². The van der Waals surface area contributed by atoms with Gasteiger partial charge in [-0.3, -0.25) is 0 Å². The molecule has 0 saturated carbocycles. The van der Waals surface area contributed by atoms with Gasteiger partial charge in [-0.05, 0) is 98.0 Å². The van der Waals surface area contributed by atoms with Crippen LogP contribution in [0, 0.1) is 0 Å². The van der Waals surface area contributed by atoms with E-state index in [1.807, 2.05) is 6.08 Å². The number of rotatable bonds is 15. The summed E-state index contributed by atoms with van der Waals surface area (Å²) in [5.74, 6) is 0. The van der Waals surface area contributed by atoms with Gasteiger partial charge in [0.25, 0.3) is 0 Å². The first-order valence-corrected chi connectivity index (χ1v) is 10.9. The summed E-state index contributed by atoms with van der Waals surface area (Å²) in [5, 5.41) is 9.25. The Morgan fingerprint density at radius 2 is 1.07 bits per heavy atom. The minimum absolute atomic E-state index is 0.142. The Morgan fingerprint density at radius 1 is 0.643 bits per heavy atom. The smallest absolute Gasteiger partial charge is 0.0644 e. The predicted molar refractivity (Wildman–Crippen MR) is 128 cm³/mol. The summed E-state index contributed by atoms with van der Waals surface area (Å²) in [6.45, 7) is 14.9. The van der Waals surface area contributed by atoms with E-state index in [1.54, 1.807) is 0 Å². The van der Waals surface area contributed by atoms with Crippen molar-refractivity contribution >= 4 is 0 Å². The van der Waals surface area contributed by atoms with Crippen LogP contribution in [0.15, 0.2) is 70.9 Å². The molecule has 0 fully saturated rings. The van der Waals surface area contributed by atoms with E-state index in [-0.39, 0.29) is 6.61 Å². The van der Waals surface area contributed by atoms with Crippen LogP contribution in [0.1, 0.15) is 92.4 Å². The standard InChI is InChI=1S/C27H44O/c1-7-13-27(22-28)21-12-20-25(5)16-9-8-15-24(4)18-11-19-26(6)17-10-14-23(2)3/h7,14-16,19,21,28H,1,8-13,17-18,20,22H2,2-6H3/b24-15+,25-16+,26-19+,27-21+. The van der Waals surface area contributed by atoms with E-state index in [0.717, 1.165) is 50.5 Å². The fourth-order valence-electron chi connectivity index (χ4n) is 3.00. The Morgan fingerprint density at radius 3 is 1.50 bits per heavy atom. The van der Waals surface area contributed by atoms with Crippen molar-refractivity contribution in [3.8, 4) is 0 Å². The maximum absolute atomic E-state index is 9.25. The molecule has 0 bridgehead atoms. The van der Waals surface area contributed by atoms with Crippen molar-refractivity contribution in [3.05, 3.63) is 70.9 Å². The van der Waals surface area contributed by atoms with E-state index in [9.17, 15) is 5.11 Å². The summed E-state index contributed by atoms with van der Waals surface area (Å²) < 4.78 is 0. The third-order valence-electron chi connectivity index (χ3n) is 4.86. The van der Waals surface area contributed by atoms with Crippen LogP contribution in [0.3, 0.4) is 0 Å². The second-order valence-corrected chi connectivity index (χ2v) is 8.14. The Bertz CT molecular complexity index is 577. The molecule has 0 aromatic heterocycles. The molecule has 0 aliphatic carbocycles. The van der Waals surface area contributed by atoms with Crippen molar-refractivity contribution in [2.24, 2.45) is 0 Å². The van der Waals surface area contributed by atoms with Gasteiger partial charge in [0, 0.05) is 0 Å². The lowest BCUT2D eigenvalue weighted by atomic mass is 10.0. The lowest BCUT2D eigenvalue weighted by Gasteiger charge is -2.03. The highest BCUT2D eigenvalue weighted by molar-refractivity contribution is 5.09. The molecule has 0 aromatic carbocycles. The molecular weight excluding hydrogens is 340 g/mol. The molecule has 0 amide bonds. The number of aliphatic hydroxyl groups excluding tert-OH is 1. The summed E-state index contributed by atoms with van der Waals surface area (Å²) in [6, 6.07) is 0. The molecule has 1 N–H and O–H groups in total. The Hall–Kier alpha value is -1.60. The molecule has 28 heavy (non-hydrogen) atoms. The van der Waals surface area contributed by atoms with E-state index in [0.29, 0.717) is 0 Å². The molecular formula is C27H44O. The summed E-state index contributed by atoms with van der Waals surface area (Å²) in [4.78, 5) is 0. The van der Waals surface area contributed by atoms with Gasteiger partial charge in [-0.1, -0.05) is 58.7 Å². The van der Waals surface area contributed by atoms with Crippen LogP contribution in [0.5, 0.6) is 0 Å². The molecule has 1 heteroatoms. The lowest BCUT2D eigenvalue weighted by molar-refractivity contribution is 0.328. The molecule has 0 aliphatic heterocycles. The molecule has 0 heterocycles. The average molecular weight is 385 g/mol. The normalized spacial score (nSPS) is 13.6. The molecule has 0 rings (SSSR count). The zero-order valence-corrected chi connectivity index (χ0v) is 19.2. The minimum Gasteiger partial charge on any atom is -0.392 e. The van der Waals surface area contributed by atoms with Gasteiger partial charge in [0.2, 0.25) is 0 Å². The lowest BCUT2D eigenvalue weighted by Crippen LogP contribution is -1.89. The van der Waals surface area contributed by atoms with Crippen molar-refractivity contribution in [3.63, 3.8) is 0 Å². The maximum atomic E-state index is 9.25. The number of allylic oxidation sites excluding steroid dienone is 10. The molecule has 0 aliphatic rings. The van der Waals surface area contributed by atoms with E-state index in [4.69, 9.17) is 0 Å². The van der Waals surface area contributed by atoms with E-state index >= 15 is 0 Å². The Kier molecular flexibility index (Phi) is 16.5. The Labute approximate surface area is 175 Å². The van der Waals surface area contributed by atoms with Gasteiger partial charge in [-0.15, -0.1) is 6.58 Å². The van der Waals surface area contributed by atoms with Crippen molar-refractivity contribution in [1.82, 2.24) is 0 Å². The number of hydrogen-bond donors (Lipinski definition) is 1. The summed E-state index contributed by atoms with van der Waals surface area (Å²) in [7, 11) is 0. The SMILES string of the molecule is C=CC/C(=C\CC/C(C)=C/CC/C=C(\C)CC/C=C(\C)CCC=C(C)C)CO. The molecule has 0 atom stereocenters. The topological polar surface area (TPSA) is 20.2 Å². The first kappa shape index (κ1) is 26.4. The van der Waals surface area contributed by atoms with E-state index < -0.39 is 0 Å². The van der Waals surface area contributed by atoms with Gasteiger partial charge in [0.05, 0.1) is 6.61 Å². The third kappa shape index (κ3) is 16.6. The highest BCUT2D eigenvalue weighted by Gasteiger charge is 1.95. The fourth-order valence-corrected chi connectivity index (χ4v) is 3.00. The molecule has 158 valence electrons. The molecule has 0 unspecified atom stereocenters. The quantitative estimate of drug-likeness (QED) is 0.222. The van der Waals surface area contributed by atoms with Gasteiger partial charge in [-0.2, -0.15) is 0 Å². The number of unbranched alkanes of at least 4 members (excludes halogenated alkanes) is 1. The van der Waals surface area contributed by atoms with E-state index in [1.165, 1.54) is 35.1 Å². The van der Waals surface area contributed by atoms with Gasteiger partial charge in [0.15, 0.2) is 0 Å². The second kappa shape index (κ2) is 17.5. The zero-order chi connectivity index (χ0) is 21.2. The summed E-state index contributed by atoms with van der Waals surface area (Å²) >= 11 is 0. The predicted octanol–water partition coefficient (Wildman–Crippen LogP) is 8.41. The van der Waals surface area contributed by atoms with Crippen LogP contribution < -0.4 is 0 Å². The van der Waals surface area contributed by atoms with Crippen LogP contribution in [0.4, 0.5) is 0 Å². The first-order chi connectivity index (χ1) is 13.4. The minimum atomic E-state index is 0.142. The molecule has 0 radical (unpaired) electrons. The third-order valence-corrected chi connectivity index (χ3v) is 4.86. The monoisotopic (exact) mass is 384 g/mol. The largest absolute Gasteiger partial charge is 0.392 e. The zero-order valence-electron chi connectivity index (χ0n) is 19.2. The van der Waals surface area contributed by atoms with Crippen molar-refractivity contribution < 1.29 is 5.11 Å². The van der Waals surface area contributed by atoms with Crippen LogP contribution in [-0.4, -0.2) is 11.7 Å². The number of aliphatic hydroxyl groups is 1. The van der Waals surface area contributed by atoms with E-state index in [2.05, 4.69) is 71.6 Å². The van der Waals surface area contributed by atoms with Gasteiger partial charge in [0.1, 0.15) is 0 Å². The van der Waals surface area contributed by atoms with Crippen LogP contribution >= 0.6 is 0 Å². The van der Waals surface area contributed by atoms with Crippen LogP contribution in [0.25, 0.3) is 0 Å². The molecule has 1 nitrogen and oxygen atoms in total. The molecule has 0 aromatic rings. The Balaban J connectivity index is 4.08. The van der Waals surface area contributed by atoms with Crippen LogP contribution in [0.2, 0.25) is 0 Å². The van der Waals surface area contributed by atoms with Gasteiger partial charge in [-0.25, -0.2) is 0 Å². The molecule has 0 spiro atoms. The molecule has 0 saturated heterocycles. The second-order valence-electron chi connectivity index (χ2n) is 8.14. The fraction of sp³-hybridized carbons (Fsp3) is 0.556. The number of hydrogen-bond acceptors (Lipinski definition) is 1. The van der Waals surface area contributed by atoms with Gasteiger partial charge < -0.3 is 5.11 Å². The highest BCUT2D eigenvalue weighted by atomic mass is 16.3. The van der Waals surface area contributed by atoms with Gasteiger partial charge >= 0.3 is 0 Å². The summed E-state index contributed by atoms with van der Waals surface area (Å²) in [6.07, 6.45) is 23.2. The first-order valence-electron chi connectivity index (χ1n) is 10.9.